The third kappa shape index (κ3) is 1.70. The Morgan fingerprint density at radius 3 is 3.00 bits per heavy atom. The molecule has 0 aromatic carbocycles. The first-order valence-corrected chi connectivity index (χ1v) is 3.93. The van der Waals surface area contributed by atoms with Crippen LogP contribution in [-0.2, 0) is 6.54 Å². The van der Waals surface area contributed by atoms with Crippen LogP contribution in [0, 0.1) is 4.64 Å². The lowest BCUT2D eigenvalue weighted by Crippen LogP contribution is -2.21. The Labute approximate surface area is 73.6 Å². The van der Waals surface area contributed by atoms with Crippen LogP contribution in [0.15, 0.2) is 11.0 Å². The molecule has 3 nitrogen and oxygen atoms in total. The van der Waals surface area contributed by atoms with Crippen molar-refractivity contribution in [2.45, 2.75) is 13.5 Å². The van der Waals surface area contributed by atoms with Crippen molar-refractivity contribution in [1.29, 1.82) is 0 Å². The Morgan fingerprint density at radius 1 is 1.82 bits per heavy atom. The predicted molar refractivity (Wildman–Crippen MR) is 46.6 cm³/mol. The molecule has 0 fully saturated rings. The number of aromatic nitrogens is 2. The quantitative estimate of drug-likeness (QED) is 0.683. The van der Waals surface area contributed by atoms with Crippen molar-refractivity contribution in [1.82, 2.24) is 9.55 Å². The van der Waals surface area contributed by atoms with Gasteiger partial charge in [0.25, 0.3) is 0 Å². The molecule has 0 aliphatic rings. The highest BCUT2D eigenvalue weighted by Crippen LogP contribution is 2.04. The fraction of sp³-hybridized carbons (Fsp3) is 0.333. The fourth-order valence-corrected chi connectivity index (χ4v) is 1.02. The molecule has 1 rings (SSSR count). The second-order valence-electron chi connectivity index (χ2n) is 2.02. The zero-order valence-electron chi connectivity index (χ0n) is 5.93. The van der Waals surface area contributed by atoms with Gasteiger partial charge in [0.2, 0.25) is 0 Å². The summed E-state index contributed by atoms with van der Waals surface area (Å²) in [7, 11) is 0. The number of aryl methyl sites for hydroxylation is 1. The SMILES string of the molecule is CCn1cc(Cl)c(=S)[nH]c1=O. The molecule has 0 unspecified atom stereocenters. The van der Waals surface area contributed by atoms with Crippen LogP contribution in [0.3, 0.4) is 0 Å². The predicted octanol–water partition coefficient (Wildman–Crippen LogP) is 1.58. The Balaban J connectivity index is 3.45. The molecule has 0 aliphatic carbocycles. The zero-order valence-corrected chi connectivity index (χ0v) is 7.50. The molecule has 1 aromatic heterocycles. The highest BCUT2D eigenvalue weighted by Gasteiger charge is 1.95. The molecule has 0 saturated heterocycles. The van der Waals surface area contributed by atoms with E-state index >= 15 is 0 Å². The average Bonchev–Trinajstić information content (AvgIpc) is 1.97. The molecule has 11 heavy (non-hydrogen) atoms. The lowest BCUT2D eigenvalue weighted by molar-refractivity contribution is 0.697. The topological polar surface area (TPSA) is 37.8 Å². The van der Waals surface area contributed by atoms with Crippen molar-refractivity contribution in [3.05, 3.63) is 26.3 Å². The van der Waals surface area contributed by atoms with Crippen molar-refractivity contribution >= 4 is 23.8 Å². The van der Waals surface area contributed by atoms with E-state index in [-0.39, 0.29) is 5.69 Å². The van der Waals surface area contributed by atoms with E-state index in [1.54, 1.807) is 0 Å². The summed E-state index contributed by atoms with van der Waals surface area (Å²) in [5, 5.41) is 0.404. The van der Waals surface area contributed by atoms with E-state index in [2.05, 4.69) is 4.98 Å². The molecule has 0 aliphatic heterocycles. The summed E-state index contributed by atoms with van der Waals surface area (Å²) in [6.07, 6.45) is 1.53. The lowest BCUT2D eigenvalue weighted by atomic mass is 10.6. The van der Waals surface area contributed by atoms with Crippen molar-refractivity contribution in [3.8, 4) is 0 Å². The molecule has 5 heteroatoms. The number of H-pyrrole nitrogens is 1. The third-order valence-corrected chi connectivity index (χ3v) is 2.03. The van der Waals surface area contributed by atoms with E-state index in [0.717, 1.165) is 0 Å². The van der Waals surface area contributed by atoms with E-state index in [1.165, 1.54) is 10.8 Å². The number of aromatic amines is 1. The minimum absolute atomic E-state index is 0.220. The third-order valence-electron chi connectivity index (χ3n) is 1.31. The number of hydrogen-bond donors (Lipinski definition) is 1. The van der Waals surface area contributed by atoms with Crippen LogP contribution in [0.2, 0.25) is 5.02 Å². The van der Waals surface area contributed by atoms with Crippen molar-refractivity contribution in [3.63, 3.8) is 0 Å². The van der Waals surface area contributed by atoms with Gasteiger partial charge in [-0.25, -0.2) is 4.79 Å². The van der Waals surface area contributed by atoms with Crippen LogP contribution in [-0.4, -0.2) is 9.55 Å². The average molecular weight is 191 g/mol. The standard InChI is InChI=1S/C6H7ClN2OS/c1-2-9-3-4(7)5(11)8-6(9)10/h3H,2H2,1H3,(H,8,10,11). The van der Waals surface area contributed by atoms with Crippen LogP contribution < -0.4 is 5.69 Å². The molecule has 1 aromatic rings. The zero-order chi connectivity index (χ0) is 8.43. The maximum absolute atomic E-state index is 11.0. The number of nitrogens with one attached hydrogen (secondary N) is 1. The number of nitrogens with zero attached hydrogens (tertiary/aromatic N) is 1. The van der Waals surface area contributed by atoms with Gasteiger partial charge in [-0.2, -0.15) is 0 Å². The maximum atomic E-state index is 11.0. The van der Waals surface area contributed by atoms with Crippen LogP contribution in [0.4, 0.5) is 0 Å². The van der Waals surface area contributed by atoms with Crippen molar-refractivity contribution < 1.29 is 0 Å². The summed E-state index contributed by atoms with van der Waals surface area (Å²) in [6, 6.07) is 0. The normalized spacial score (nSPS) is 10.0. The van der Waals surface area contributed by atoms with Gasteiger partial charge in [0.05, 0.1) is 5.02 Å². The molecule has 60 valence electrons. The molecular weight excluding hydrogens is 184 g/mol. The molecule has 0 bridgehead atoms. The monoisotopic (exact) mass is 190 g/mol. The van der Waals surface area contributed by atoms with Crippen LogP contribution in [0.5, 0.6) is 0 Å². The first-order valence-electron chi connectivity index (χ1n) is 3.14. The number of halogens is 1. The fourth-order valence-electron chi connectivity index (χ4n) is 0.718. The van der Waals surface area contributed by atoms with Gasteiger partial charge in [0.1, 0.15) is 4.64 Å². The molecule has 0 spiro atoms. The summed E-state index contributed by atoms with van der Waals surface area (Å²) in [4.78, 5) is 13.5. The van der Waals surface area contributed by atoms with E-state index in [1.807, 2.05) is 6.92 Å². The first-order chi connectivity index (χ1) is 5.15. The lowest BCUT2D eigenvalue weighted by Gasteiger charge is -1.99. The van der Waals surface area contributed by atoms with Gasteiger partial charge in [-0.1, -0.05) is 23.8 Å². The summed E-state index contributed by atoms with van der Waals surface area (Å²) >= 11 is 10.4. The summed E-state index contributed by atoms with van der Waals surface area (Å²) in [5.74, 6) is 0. The van der Waals surface area contributed by atoms with E-state index in [0.29, 0.717) is 16.2 Å². The molecule has 1 N–H and O–H groups in total. The molecule has 0 radical (unpaired) electrons. The minimum atomic E-state index is -0.220. The van der Waals surface area contributed by atoms with Gasteiger partial charge < -0.3 is 0 Å². The van der Waals surface area contributed by atoms with Gasteiger partial charge in [0, 0.05) is 12.7 Å². The highest BCUT2D eigenvalue weighted by atomic mass is 35.5. The number of hydrogen-bond acceptors (Lipinski definition) is 2. The van der Waals surface area contributed by atoms with Gasteiger partial charge >= 0.3 is 5.69 Å². The maximum Gasteiger partial charge on any atom is 0.326 e. The second-order valence-corrected chi connectivity index (χ2v) is 2.84. The van der Waals surface area contributed by atoms with Crippen LogP contribution in [0.25, 0.3) is 0 Å². The van der Waals surface area contributed by atoms with Crippen molar-refractivity contribution in [2.75, 3.05) is 0 Å². The van der Waals surface area contributed by atoms with E-state index in [9.17, 15) is 4.79 Å². The van der Waals surface area contributed by atoms with Gasteiger partial charge in [-0.05, 0) is 6.92 Å². The first kappa shape index (κ1) is 8.49. The number of rotatable bonds is 1. The van der Waals surface area contributed by atoms with Crippen LogP contribution >= 0.6 is 23.8 Å². The summed E-state index contributed by atoms with van der Waals surface area (Å²) in [5.41, 5.74) is -0.220. The summed E-state index contributed by atoms with van der Waals surface area (Å²) in [6.45, 7) is 2.44. The summed E-state index contributed by atoms with van der Waals surface area (Å²) < 4.78 is 1.75. The molecule has 1 heterocycles. The second kappa shape index (κ2) is 3.19. The largest absolute Gasteiger partial charge is 0.326 e. The van der Waals surface area contributed by atoms with Crippen molar-refractivity contribution in [2.24, 2.45) is 0 Å². The Hall–Kier alpha value is -0.610. The highest BCUT2D eigenvalue weighted by molar-refractivity contribution is 7.71. The van der Waals surface area contributed by atoms with E-state index in [4.69, 9.17) is 23.8 Å². The Bertz CT molecular complexity index is 368. The van der Waals surface area contributed by atoms with E-state index < -0.39 is 0 Å². The Kier molecular flexibility index (Phi) is 2.46. The van der Waals surface area contributed by atoms with Gasteiger partial charge in [-0.3, -0.25) is 9.55 Å². The molecule has 0 atom stereocenters. The smallest absolute Gasteiger partial charge is 0.300 e. The minimum Gasteiger partial charge on any atom is -0.300 e. The van der Waals surface area contributed by atoms with Gasteiger partial charge in [0.15, 0.2) is 0 Å². The van der Waals surface area contributed by atoms with Crippen LogP contribution in [0.1, 0.15) is 6.92 Å². The molecule has 0 amide bonds. The van der Waals surface area contributed by atoms with Gasteiger partial charge in [-0.15, -0.1) is 0 Å². The molecular formula is C6H7ClN2OS. The Morgan fingerprint density at radius 2 is 2.45 bits per heavy atom. The molecule has 0 saturated carbocycles.